The van der Waals surface area contributed by atoms with Gasteiger partial charge in [-0.1, -0.05) is 11.3 Å². The minimum absolute atomic E-state index is 0.363. The molecule has 0 aliphatic heterocycles. The summed E-state index contributed by atoms with van der Waals surface area (Å²) in [6.07, 6.45) is 1.42. The molecule has 0 saturated carbocycles. The van der Waals surface area contributed by atoms with Crippen molar-refractivity contribution in [3.63, 3.8) is 0 Å². The van der Waals surface area contributed by atoms with Gasteiger partial charge in [0.1, 0.15) is 10.7 Å². The van der Waals surface area contributed by atoms with Gasteiger partial charge in [-0.05, 0) is 40.5 Å². The number of nitrogens with one attached hydrogen (secondary N) is 1. The third-order valence-electron chi connectivity index (χ3n) is 2.40. The van der Waals surface area contributed by atoms with Gasteiger partial charge < -0.3 is 10.1 Å². The molecule has 2 aromatic rings. The van der Waals surface area contributed by atoms with Crippen molar-refractivity contribution >= 4 is 44.1 Å². The van der Waals surface area contributed by atoms with Crippen molar-refractivity contribution < 1.29 is 13.9 Å². The molecule has 0 amide bonds. The number of thiazole rings is 1. The van der Waals surface area contributed by atoms with Crippen molar-refractivity contribution in [1.29, 1.82) is 0 Å². The number of benzene rings is 1. The van der Waals surface area contributed by atoms with E-state index < -0.39 is 5.97 Å². The average Bonchev–Trinajstić information content (AvgIpc) is 2.83. The Kier molecular flexibility index (Phi) is 4.16. The molecule has 100 valence electrons. The maximum atomic E-state index is 13.5. The predicted molar refractivity (Wildman–Crippen MR) is 75.6 cm³/mol. The Labute approximate surface area is 121 Å². The highest BCUT2D eigenvalue weighted by Crippen LogP contribution is 2.28. The molecular formula is C12H10BrFN2O2S. The first-order valence-electron chi connectivity index (χ1n) is 5.28. The molecule has 7 heteroatoms. The number of methoxy groups -OCH3 is 1. The summed E-state index contributed by atoms with van der Waals surface area (Å²) in [4.78, 5) is 15.7. The topological polar surface area (TPSA) is 51.2 Å². The van der Waals surface area contributed by atoms with Crippen LogP contribution in [0.5, 0.6) is 0 Å². The van der Waals surface area contributed by atoms with Crippen molar-refractivity contribution in [3.05, 3.63) is 39.1 Å². The summed E-state index contributed by atoms with van der Waals surface area (Å²) < 4.78 is 18.5. The second-order valence-electron chi connectivity index (χ2n) is 3.73. The molecule has 0 spiro atoms. The number of rotatable bonds is 3. The summed E-state index contributed by atoms with van der Waals surface area (Å²) in [5, 5.41) is 3.48. The zero-order valence-electron chi connectivity index (χ0n) is 10.2. The molecule has 0 radical (unpaired) electrons. The summed E-state index contributed by atoms with van der Waals surface area (Å²) >= 11 is 4.27. The SMILES string of the molecule is COC(=O)c1cnc(Nc2cc(F)c(Br)cc2C)s1. The van der Waals surface area contributed by atoms with Crippen molar-refractivity contribution in [3.8, 4) is 0 Å². The Balaban J connectivity index is 2.24. The van der Waals surface area contributed by atoms with Crippen molar-refractivity contribution in [1.82, 2.24) is 4.98 Å². The van der Waals surface area contributed by atoms with Crippen molar-refractivity contribution in [2.24, 2.45) is 0 Å². The van der Waals surface area contributed by atoms with Crippen LogP contribution in [-0.4, -0.2) is 18.1 Å². The van der Waals surface area contributed by atoms with Crippen molar-refractivity contribution in [2.75, 3.05) is 12.4 Å². The van der Waals surface area contributed by atoms with E-state index in [0.717, 1.165) is 16.9 Å². The number of ether oxygens (including phenoxy) is 1. The highest BCUT2D eigenvalue weighted by molar-refractivity contribution is 9.10. The molecule has 0 bridgehead atoms. The number of aromatic nitrogens is 1. The van der Waals surface area contributed by atoms with Crippen LogP contribution in [0.1, 0.15) is 15.2 Å². The molecule has 0 aliphatic carbocycles. The second kappa shape index (κ2) is 5.66. The van der Waals surface area contributed by atoms with Gasteiger partial charge in [0.2, 0.25) is 0 Å². The fourth-order valence-corrected chi connectivity index (χ4v) is 2.63. The van der Waals surface area contributed by atoms with Gasteiger partial charge in [-0.2, -0.15) is 0 Å². The number of aryl methyl sites for hydroxylation is 1. The Morgan fingerprint density at radius 3 is 2.95 bits per heavy atom. The molecule has 1 heterocycles. The van der Waals surface area contributed by atoms with Crippen LogP contribution in [0.2, 0.25) is 0 Å². The number of carbonyl (C=O) groups excluding carboxylic acids is 1. The molecule has 4 nitrogen and oxygen atoms in total. The lowest BCUT2D eigenvalue weighted by Gasteiger charge is -2.07. The van der Waals surface area contributed by atoms with Crippen LogP contribution in [0.25, 0.3) is 0 Å². The first kappa shape index (κ1) is 14.0. The summed E-state index contributed by atoms with van der Waals surface area (Å²) in [6, 6.07) is 3.05. The minimum Gasteiger partial charge on any atom is -0.465 e. The molecule has 0 saturated heterocycles. The molecule has 0 fully saturated rings. The van der Waals surface area contributed by atoms with Gasteiger partial charge in [-0.3, -0.25) is 0 Å². The summed E-state index contributed by atoms with van der Waals surface area (Å²) in [7, 11) is 1.31. The molecule has 1 aromatic carbocycles. The Hall–Kier alpha value is -1.47. The zero-order valence-corrected chi connectivity index (χ0v) is 12.6. The number of hydrogen-bond acceptors (Lipinski definition) is 5. The third kappa shape index (κ3) is 3.10. The molecule has 1 N–H and O–H groups in total. The highest BCUT2D eigenvalue weighted by Gasteiger charge is 2.12. The van der Waals surface area contributed by atoms with Crippen LogP contribution >= 0.6 is 27.3 Å². The molecule has 2 rings (SSSR count). The smallest absolute Gasteiger partial charge is 0.349 e. The van der Waals surface area contributed by atoms with Crippen LogP contribution in [0, 0.1) is 12.7 Å². The molecule has 0 unspecified atom stereocenters. The molecule has 19 heavy (non-hydrogen) atoms. The summed E-state index contributed by atoms with van der Waals surface area (Å²) in [5.41, 5.74) is 1.47. The fourth-order valence-electron chi connectivity index (χ4n) is 1.42. The number of carbonyl (C=O) groups is 1. The van der Waals surface area contributed by atoms with E-state index in [2.05, 4.69) is 31.0 Å². The van der Waals surface area contributed by atoms with Gasteiger partial charge in [-0.15, -0.1) is 0 Å². The lowest BCUT2D eigenvalue weighted by Crippen LogP contribution is -1.96. The Morgan fingerprint density at radius 1 is 1.53 bits per heavy atom. The Bertz CT molecular complexity index is 630. The fraction of sp³-hybridized carbons (Fsp3) is 0.167. The summed E-state index contributed by atoms with van der Waals surface area (Å²) in [5.74, 6) is -0.804. The third-order valence-corrected chi connectivity index (χ3v) is 3.90. The van der Waals surface area contributed by atoms with Gasteiger partial charge >= 0.3 is 5.97 Å². The van der Waals surface area contributed by atoms with Gasteiger partial charge in [-0.25, -0.2) is 14.2 Å². The molecule has 0 atom stereocenters. The number of nitrogens with zero attached hydrogens (tertiary/aromatic N) is 1. The molecular weight excluding hydrogens is 335 g/mol. The average molecular weight is 345 g/mol. The van der Waals surface area contributed by atoms with E-state index in [-0.39, 0.29) is 5.82 Å². The maximum absolute atomic E-state index is 13.5. The van der Waals surface area contributed by atoms with Gasteiger partial charge in [0.15, 0.2) is 5.13 Å². The van der Waals surface area contributed by atoms with Gasteiger partial charge in [0.05, 0.1) is 17.8 Å². The molecule has 0 aliphatic rings. The van der Waals surface area contributed by atoms with Crippen LogP contribution in [0.15, 0.2) is 22.8 Å². The minimum atomic E-state index is -0.441. The largest absolute Gasteiger partial charge is 0.465 e. The van der Waals surface area contributed by atoms with Gasteiger partial charge in [0.25, 0.3) is 0 Å². The lowest BCUT2D eigenvalue weighted by atomic mass is 10.2. The number of anilines is 2. The van der Waals surface area contributed by atoms with Crippen LogP contribution in [-0.2, 0) is 4.74 Å². The Morgan fingerprint density at radius 2 is 2.26 bits per heavy atom. The normalized spacial score (nSPS) is 10.3. The number of hydrogen-bond donors (Lipinski definition) is 1. The summed E-state index contributed by atoms with van der Waals surface area (Å²) in [6.45, 7) is 1.85. The van der Waals surface area contributed by atoms with E-state index >= 15 is 0 Å². The second-order valence-corrected chi connectivity index (χ2v) is 5.61. The highest BCUT2D eigenvalue weighted by atomic mass is 79.9. The van der Waals surface area contributed by atoms with Crippen molar-refractivity contribution in [2.45, 2.75) is 6.92 Å². The molecule has 1 aromatic heterocycles. The quantitative estimate of drug-likeness (QED) is 0.858. The van der Waals surface area contributed by atoms with E-state index in [1.165, 1.54) is 19.4 Å². The first-order chi connectivity index (χ1) is 9.01. The zero-order chi connectivity index (χ0) is 14.0. The lowest BCUT2D eigenvalue weighted by molar-refractivity contribution is 0.0606. The van der Waals surface area contributed by atoms with Crippen LogP contribution in [0.3, 0.4) is 0 Å². The monoisotopic (exact) mass is 344 g/mol. The van der Waals surface area contributed by atoms with E-state index in [4.69, 9.17) is 0 Å². The maximum Gasteiger partial charge on any atom is 0.349 e. The van der Waals surface area contributed by atoms with E-state index in [1.807, 2.05) is 6.92 Å². The predicted octanol–water partition coefficient (Wildman–Crippen LogP) is 3.88. The number of esters is 1. The van der Waals surface area contributed by atoms with Gasteiger partial charge in [0, 0.05) is 5.69 Å². The standard InChI is InChI=1S/C12H10BrFN2O2S/c1-6-3-7(13)8(14)4-9(6)16-12-15-5-10(19-12)11(17)18-2/h3-5H,1-2H3,(H,15,16). The first-order valence-corrected chi connectivity index (χ1v) is 6.89. The van der Waals surface area contributed by atoms with E-state index in [1.54, 1.807) is 6.07 Å². The number of halogens is 2. The van der Waals surface area contributed by atoms with E-state index in [0.29, 0.717) is 20.2 Å². The van der Waals surface area contributed by atoms with Crippen LogP contribution in [0.4, 0.5) is 15.2 Å². The van der Waals surface area contributed by atoms with Crippen LogP contribution < -0.4 is 5.32 Å². The van der Waals surface area contributed by atoms with E-state index in [9.17, 15) is 9.18 Å².